The van der Waals surface area contributed by atoms with Crippen LogP contribution in [0.5, 0.6) is 0 Å². The highest BCUT2D eigenvalue weighted by molar-refractivity contribution is 6.11. The van der Waals surface area contributed by atoms with Crippen LogP contribution in [0.4, 0.5) is 5.69 Å². The number of aromatic nitrogens is 1. The van der Waals surface area contributed by atoms with E-state index in [4.69, 9.17) is 0 Å². The van der Waals surface area contributed by atoms with Gasteiger partial charge in [-0.25, -0.2) is 0 Å². The van der Waals surface area contributed by atoms with Gasteiger partial charge in [-0.3, -0.25) is 19.5 Å². The first-order chi connectivity index (χ1) is 12.2. The number of para-hydroxylation sites is 1. The highest BCUT2D eigenvalue weighted by Crippen LogP contribution is 2.38. The minimum Gasteiger partial charge on any atom is -0.353 e. The van der Waals surface area contributed by atoms with Crippen molar-refractivity contribution in [3.05, 3.63) is 59.9 Å². The van der Waals surface area contributed by atoms with E-state index in [0.717, 1.165) is 18.5 Å². The Bertz CT molecular complexity index is 785. The molecule has 0 radical (unpaired) electrons. The van der Waals surface area contributed by atoms with Crippen LogP contribution >= 0.6 is 0 Å². The lowest BCUT2D eigenvalue weighted by atomic mass is 10.1. The molecule has 1 fully saturated rings. The van der Waals surface area contributed by atoms with Crippen molar-refractivity contribution in [1.82, 2.24) is 10.3 Å². The maximum Gasteiger partial charge on any atom is 0.260 e. The number of rotatable bonds is 4. The van der Waals surface area contributed by atoms with Gasteiger partial charge in [0.05, 0.1) is 23.7 Å². The smallest absolute Gasteiger partial charge is 0.260 e. The summed E-state index contributed by atoms with van der Waals surface area (Å²) in [5.74, 6) is -0.0999. The average molecular weight is 335 g/mol. The minimum absolute atomic E-state index is 0.0101. The largest absolute Gasteiger partial charge is 0.353 e. The number of nitrogens with zero attached hydrogens (tertiary/aromatic N) is 2. The maximum atomic E-state index is 12.9. The second-order valence-corrected chi connectivity index (χ2v) is 6.72. The molecule has 1 aliphatic carbocycles. The topological polar surface area (TPSA) is 62.3 Å². The van der Waals surface area contributed by atoms with Crippen molar-refractivity contribution in [2.24, 2.45) is 0 Å². The van der Waals surface area contributed by atoms with Crippen LogP contribution < -0.4 is 10.2 Å². The monoisotopic (exact) mass is 335 g/mol. The quantitative estimate of drug-likeness (QED) is 0.933. The first-order valence-electron chi connectivity index (χ1n) is 8.87. The van der Waals surface area contributed by atoms with Gasteiger partial charge in [0, 0.05) is 17.9 Å². The number of pyridine rings is 1. The van der Waals surface area contributed by atoms with E-state index >= 15 is 0 Å². The second kappa shape index (κ2) is 6.67. The van der Waals surface area contributed by atoms with E-state index in [0.29, 0.717) is 11.3 Å². The van der Waals surface area contributed by atoms with E-state index in [1.54, 1.807) is 23.2 Å². The number of carbonyl (C=O) groups excluding carboxylic acids is 2. The Kier molecular flexibility index (Phi) is 4.22. The van der Waals surface area contributed by atoms with E-state index in [-0.39, 0.29) is 30.3 Å². The number of hydrogen-bond acceptors (Lipinski definition) is 3. The summed E-state index contributed by atoms with van der Waals surface area (Å²) in [6.07, 6.45) is 6.36. The third-order valence-corrected chi connectivity index (χ3v) is 5.05. The summed E-state index contributed by atoms with van der Waals surface area (Å²) in [5, 5.41) is 3.12. The first-order valence-corrected chi connectivity index (χ1v) is 8.87. The molecular weight excluding hydrogens is 314 g/mol. The summed E-state index contributed by atoms with van der Waals surface area (Å²) in [6, 6.07) is 13.0. The molecule has 1 aromatic heterocycles. The lowest BCUT2D eigenvalue weighted by Gasteiger charge is -2.25. The number of hydrogen-bond donors (Lipinski definition) is 1. The van der Waals surface area contributed by atoms with E-state index in [1.165, 1.54) is 12.8 Å². The van der Waals surface area contributed by atoms with Gasteiger partial charge in [0.25, 0.3) is 5.91 Å². The zero-order valence-electron chi connectivity index (χ0n) is 14.0. The van der Waals surface area contributed by atoms with Crippen LogP contribution in [0.2, 0.25) is 0 Å². The summed E-state index contributed by atoms with van der Waals surface area (Å²) in [4.78, 5) is 31.6. The SMILES string of the molecule is O=C(C[C@@H]1c2ncccc2C(=O)N1c1ccccc1)NC1CCCC1. The molecule has 0 bridgehead atoms. The number of anilines is 1. The molecule has 0 spiro atoms. The van der Waals surface area contributed by atoms with Crippen LogP contribution in [0, 0.1) is 0 Å². The molecule has 4 rings (SSSR count). The molecule has 0 saturated heterocycles. The van der Waals surface area contributed by atoms with E-state index < -0.39 is 0 Å². The van der Waals surface area contributed by atoms with Crippen LogP contribution in [0.3, 0.4) is 0 Å². The van der Waals surface area contributed by atoms with Crippen molar-refractivity contribution in [3.63, 3.8) is 0 Å². The molecule has 5 nitrogen and oxygen atoms in total. The Morgan fingerprint density at radius 3 is 2.64 bits per heavy atom. The molecule has 1 atom stereocenters. The number of benzene rings is 1. The Balaban J connectivity index is 1.61. The second-order valence-electron chi connectivity index (χ2n) is 6.72. The zero-order chi connectivity index (χ0) is 17.2. The van der Waals surface area contributed by atoms with Crippen molar-refractivity contribution >= 4 is 17.5 Å². The van der Waals surface area contributed by atoms with Gasteiger partial charge in [-0.2, -0.15) is 0 Å². The number of fused-ring (bicyclic) bond motifs is 1. The highest BCUT2D eigenvalue weighted by Gasteiger charge is 2.40. The van der Waals surface area contributed by atoms with Gasteiger partial charge in [0.1, 0.15) is 0 Å². The van der Waals surface area contributed by atoms with Gasteiger partial charge >= 0.3 is 0 Å². The normalized spacial score (nSPS) is 19.9. The lowest BCUT2D eigenvalue weighted by Crippen LogP contribution is -2.36. The molecule has 1 aromatic carbocycles. The lowest BCUT2D eigenvalue weighted by molar-refractivity contribution is -0.122. The summed E-state index contributed by atoms with van der Waals surface area (Å²) >= 11 is 0. The standard InChI is InChI=1S/C20H21N3O2/c24-18(22-14-7-4-5-8-14)13-17-19-16(11-6-12-21-19)20(25)23(17)15-9-2-1-3-10-15/h1-3,6,9-12,14,17H,4-5,7-8,13H2,(H,22,24)/t17-/m1/s1. The van der Waals surface area contributed by atoms with Gasteiger partial charge < -0.3 is 5.32 Å². The number of carbonyl (C=O) groups is 2. The molecule has 2 aliphatic rings. The van der Waals surface area contributed by atoms with Gasteiger partial charge in [-0.05, 0) is 37.1 Å². The zero-order valence-corrected chi connectivity index (χ0v) is 14.0. The van der Waals surface area contributed by atoms with Gasteiger partial charge in [-0.1, -0.05) is 31.0 Å². The molecule has 25 heavy (non-hydrogen) atoms. The van der Waals surface area contributed by atoms with Gasteiger partial charge in [-0.15, -0.1) is 0 Å². The van der Waals surface area contributed by atoms with Crippen molar-refractivity contribution in [3.8, 4) is 0 Å². The number of amides is 2. The van der Waals surface area contributed by atoms with E-state index in [1.807, 2.05) is 30.3 Å². The van der Waals surface area contributed by atoms with Crippen LogP contribution in [-0.4, -0.2) is 22.8 Å². The van der Waals surface area contributed by atoms with E-state index in [9.17, 15) is 9.59 Å². The molecule has 128 valence electrons. The van der Waals surface area contributed by atoms with Crippen molar-refractivity contribution < 1.29 is 9.59 Å². The number of nitrogens with one attached hydrogen (secondary N) is 1. The van der Waals surface area contributed by atoms with Crippen LogP contribution in [0.25, 0.3) is 0 Å². The maximum absolute atomic E-state index is 12.9. The molecule has 1 saturated carbocycles. The summed E-state index contributed by atoms with van der Waals surface area (Å²) in [7, 11) is 0. The summed E-state index contributed by atoms with van der Waals surface area (Å²) in [6.45, 7) is 0. The third kappa shape index (κ3) is 3.02. The Morgan fingerprint density at radius 2 is 1.88 bits per heavy atom. The molecule has 2 heterocycles. The fourth-order valence-corrected chi connectivity index (χ4v) is 3.86. The molecule has 1 aliphatic heterocycles. The fraction of sp³-hybridized carbons (Fsp3) is 0.350. The first kappa shape index (κ1) is 15.8. The van der Waals surface area contributed by atoms with Gasteiger partial charge in [0.15, 0.2) is 0 Å². The molecule has 2 amide bonds. The Hall–Kier alpha value is -2.69. The van der Waals surface area contributed by atoms with E-state index in [2.05, 4.69) is 10.3 Å². The Morgan fingerprint density at radius 1 is 1.12 bits per heavy atom. The molecule has 1 N–H and O–H groups in total. The average Bonchev–Trinajstić information content (AvgIpc) is 3.23. The predicted octanol–water partition coefficient (Wildman–Crippen LogP) is 3.23. The predicted molar refractivity (Wildman–Crippen MR) is 95.2 cm³/mol. The van der Waals surface area contributed by atoms with Crippen molar-refractivity contribution in [2.75, 3.05) is 4.90 Å². The fourth-order valence-electron chi connectivity index (χ4n) is 3.86. The van der Waals surface area contributed by atoms with Crippen LogP contribution in [-0.2, 0) is 4.79 Å². The minimum atomic E-state index is -0.354. The Labute approximate surface area is 147 Å². The summed E-state index contributed by atoms with van der Waals surface area (Å²) in [5.41, 5.74) is 2.08. The van der Waals surface area contributed by atoms with Crippen molar-refractivity contribution in [2.45, 2.75) is 44.2 Å². The molecule has 5 heteroatoms. The molecule has 0 unspecified atom stereocenters. The molecular formula is C20H21N3O2. The third-order valence-electron chi connectivity index (χ3n) is 5.05. The van der Waals surface area contributed by atoms with Crippen LogP contribution in [0.15, 0.2) is 48.7 Å². The van der Waals surface area contributed by atoms with Crippen LogP contribution in [0.1, 0.15) is 54.2 Å². The molecule has 2 aromatic rings. The highest BCUT2D eigenvalue weighted by atomic mass is 16.2. The van der Waals surface area contributed by atoms with Gasteiger partial charge in [0.2, 0.25) is 5.91 Å². The summed E-state index contributed by atoms with van der Waals surface area (Å²) < 4.78 is 0. The van der Waals surface area contributed by atoms with Crippen molar-refractivity contribution in [1.29, 1.82) is 0 Å².